The molecule has 0 spiro atoms. The van der Waals surface area contributed by atoms with Crippen molar-refractivity contribution in [3.05, 3.63) is 113 Å². The van der Waals surface area contributed by atoms with Gasteiger partial charge in [-0.2, -0.15) is 10.2 Å². The van der Waals surface area contributed by atoms with Crippen molar-refractivity contribution < 1.29 is 23.0 Å². The van der Waals surface area contributed by atoms with Crippen molar-refractivity contribution in [2.45, 2.75) is 44.7 Å². The van der Waals surface area contributed by atoms with Gasteiger partial charge in [0.05, 0.1) is 18.3 Å². The number of piperazine rings is 1. The zero-order valence-corrected chi connectivity index (χ0v) is 27.4. The molecule has 4 heterocycles. The molecule has 256 valence electrons. The molecule has 0 unspecified atom stereocenters. The van der Waals surface area contributed by atoms with Crippen LogP contribution in [0.2, 0.25) is 0 Å². The normalized spacial score (nSPS) is 20.1. The lowest BCUT2D eigenvalue weighted by molar-refractivity contribution is -0.192. The minimum Gasteiger partial charge on any atom is -0.491 e. The Hall–Kier alpha value is -5.08. The third-order valence-electron chi connectivity index (χ3n) is 9.15. The Balaban J connectivity index is 0.925. The van der Waals surface area contributed by atoms with Gasteiger partial charge in [0, 0.05) is 49.2 Å². The predicted molar refractivity (Wildman–Crippen MR) is 178 cm³/mol. The van der Waals surface area contributed by atoms with Crippen LogP contribution in [0, 0.1) is 11.6 Å². The minimum absolute atomic E-state index is 0.0334. The van der Waals surface area contributed by atoms with E-state index in [1.165, 1.54) is 34.2 Å². The van der Waals surface area contributed by atoms with Crippen molar-refractivity contribution in [1.82, 2.24) is 29.1 Å². The first-order chi connectivity index (χ1) is 23.8. The summed E-state index contributed by atoms with van der Waals surface area (Å²) in [6.45, 7) is 7.80. The fourth-order valence-electron chi connectivity index (χ4n) is 6.24. The second kappa shape index (κ2) is 13.8. The van der Waals surface area contributed by atoms with E-state index in [1.807, 2.05) is 50.2 Å². The van der Waals surface area contributed by atoms with Gasteiger partial charge in [-0.25, -0.2) is 32.5 Å². The second-order valence-electron chi connectivity index (χ2n) is 12.3. The van der Waals surface area contributed by atoms with Crippen molar-refractivity contribution in [3.8, 4) is 11.4 Å². The largest absolute Gasteiger partial charge is 0.491 e. The number of anilines is 2. The monoisotopic (exact) mass is 672 g/mol. The summed E-state index contributed by atoms with van der Waals surface area (Å²) < 4.78 is 51.4. The Morgan fingerprint density at radius 1 is 0.918 bits per heavy atom. The van der Waals surface area contributed by atoms with Gasteiger partial charge in [0.2, 0.25) is 5.79 Å². The number of benzene rings is 3. The second-order valence-corrected chi connectivity index (χ2v) is 12.3. The van der Waals surface area contributed by atoms with E-state index in [9.17, 15) is 13.6 Å². The Bertz CT molecular complexity index is 1910. The molecule has 14 heteroatoms. The molecule has 3 aromatic carbocycles. The SMILES string of the molecule is CC[C@H](C)n1ncn(-c2ccc(N3CCN(c4ccc(OC[C@@H]5CO[C@@](Cn6cncn6)(c6ccc(F)cc6F)O5)cc4)CC3)cc2)c1=O. The minimum atomic E-state index is -1.51. The Morgan fingerprint density at radius 3 is 2.22 bits per heavy atom. The molecule has 0 aliphatic carbocycles. The topological polar surface area (TPSA) is 105 Å². The molecule has 2 saturated heterocycles. The first kappa shape index (κ1) is 32.5. The molecule has 49 heavy (non-hydrogen) atoms. The van der Waals surface area contributed by atoms with Crippen LogP contribution in [-0.4, -0.2) is 74.6 Å². The van der Waals surface area contributed by atoms with Gasteiger partial charge < -0.3 is 24.0 Å². The number of hydrogen-bond acceptors (Lipinski definition) is 9. The molecule has 2 aromatic heterocycles. The lowest BCUT2D eigenvalue weighted by Gasteiger charge is -2.37. The summed E-state index contributed by atoms with van der Waals surface area (Å²) in [6, 6.07) is 19.3. The van der Waals surface area contributed by atoms with E-state index >= 15 is 0 Å². The van der Waals surface area contributed by atoms with Crippen LogP contribution in [-0.2, 0) is 21.8 Å². The highest BCUT2D eigenvalue weighted by Gasteiger charge is 2.46. The van der Waals surface area contributed by atoms with Gasteiger partial charge in [-0.05, 0) is 74.0 Å². The average molecular weight is 673 g/mol. The average Bonchev–Trinajstić information content (AvgIpc) is 3.88. The van der Waals surface area contributed by atoms with Crippen LogP contribution < -0.4 is 20.2 Å². The van der Waals surface area contributed by atoms with E-state index in [-0.39, 0.29) is 37.1 Å². The van der Waals surface area contributed by atoms with Crippen LogP contribution >= 0.6 is 0 Å². The zero-order valence-electron chi connectivity index (χ0n) is 27.4. The van der Waals surface area contributed by atoms with Crippen LogP contribution in [0.25, 0.3) is 5.69 Å². The highest BCUT2D eigenvalue weighted by Crippen LogP contribution is 2.38. The standard InChI is InChI=1S/C35H38F2N8O4/c1-3-25(2)45-34(46)44(24-40-45)29-7-5-27(6-8-29)41-14-16-42(17-15-41)28-9-11-30(12-10-28)47-19-31-20-48-35(49-31,21-43-23-38-22-39-43)32-13-4-26(36)18-33(32)37/h4-13,18,22-25,31H,3,14-17,19-21H2,1-2H3/t25-,31+,35+/m0/s1. The highest BCUT2D eigenvalue weighted by atomic mass is 19.1. The van der Waals surface area contributed by atoms with Crippen LogP contribution in [0.5, 0.6) is 5.75 Å². The summed E-state index contributed by atoms with van der Waals surface area (Å²) >= 11 is 0. The summed E-state index contributed by atoms with van der Waals surface area (Å²) in [7, 11) is 0. The van der Waals surface area contributed by atoms with Crippen molar-refractivity contribution in [1.29, 1.82) is 0 Å². The number of aromatic nitrogens is 6. The first-order valence-electron chi connectivity index (χ1n) is 16.4. The van der Waals surface area contributed by atoms with Gasteiger partial charge in [-0.15, -0.1) is 0 Å². The maximum Gasteiger partial charge on any atom is 0.350 e. The maximum absolute atomic E-state index is 14.9. The summed E-state index contributed by atoms with van der Waals surface area (Å²) in [6.07, 6.45) is 4.77. The molecule has 0 radical (unpaired) electrons. The molecule has 12 nitrogen and oxygen atoms in total. The fraction of sp³-hybridized carbons (Fsp3) is 0.371. The van der Waals surface area contributed by atoms with E-state index in [0.717, 1.165) is 55.7 Å². The maximum atomic E-state index is 14.9. The fourth-order valence-corrected chi connectivity index (χ4v) is 6.24. The molecule has 7 rings (SSSR count). The van der Waals surface area contributed by atoms with E-state index in [0.29, 0.717) is 5.75 Å². The van der Waals surface area contributed by atoms with Gasteiger partial charge in [-0.3, -0.25) is 0 Å². The molecule has 0 N–H and O–H groups in total. The molecule has 3 atom stereocenters. The zero-order chi connectivity index (χ0) is 34.0. The number of halogens is 2. The van der Waals surface area contributed by atoms with Gasteiger partial charge in [-0.1, -0.05) is 6.92 Å². The van der Waals surface area contributed by atoms with Crippen LogP contribution in [0.1, 0.15) is 31.9 Å². The lowest BCUT2D eigenvalue weighted by Crippen LogP contribution is -2.46. The molecule has 0 bridgehead atoms. The first-order valence-corrected chi connectivity index (χ1v) is 16.4. The quantitative estimate of drug-likeness (QED) is 0.200. The smallest absolute Gasteiger partial charge is 0.350 e. The van der Waals surface area contributed by atoms with Gasteiger partial charge in [0.1, 0.15) is 55.6 Å². The Labute approximate surface area is 282 Å². The number of hydrogen-bond donors (Lipinski definition) is 0. The molecule has 2 aliphatic heterocycles. The summed E-state index contributed by atoms with van der Waals surface area (Å²) in [4.78, 5) is 21.4. The van der Waals surface area contributed by atoms with E-state index in [1.54, 1.807) is 10.9 Å². The Kier molecular flexibility index (Phi) is 9.15. The van der Waals surface area contributed by atoms with E-state index < -0.39 is 23.5 Å². The summed E-state index contributed by atoms with van der Waals surface area (Å²) in [5.41, 5.74) is 2.95. The highest BCUT2D eigenvalue weighted by molar-refractivity contribution is 5.54. The number of nitrogens with zero attached hydrogens (tertiary/aromatic N) is 8. The molecule has 0 saturated carbocycles. The van der Waals surface area contributed by atoms with Gasteiger partial charge in [0.25, 0.3) is 0 Å². The van der Waals surface area contributed by atoms with Crippen molar-refractivity contribution in [3.63, 3.8) is 0 Å². The number of rotatable bonds is 11. The van der Waals surface area contributed by atoms with Gasteiger partial charge in [0.15, 0.2) is 0 Å². The lowest BCUT2D eigenvalue weighted by atomic mass is 10.0. The molecule has 0 amide bonds. The van der Waals surface area contributed by atoms with Crippen molar-refractivity contribution in [2.75, 3.05) is 49.2 Å². The Morgan fingerprint density at radius 2 is 1.59 bits per heavy atom. The van der Waals surface area contributed by atoms with Crippen molar-refractivity contribution in [2.24, 2.45) is 0 Å². The van der Waals surface area contributed by atoms with E-state index in [2.05, 4.69) is 37.1 Å². The third-order valence-corrected chi connectivity index (χ3v) is 9.15. The third kappa shape index (κ3) is 6.78. The molecule has 2 fully saturated rings. The molecular formula is C35H38F2N8O4. The summed E-state index contributed by atoms with van der Waals surface area (Å²) in [5, 5.41) is 8.39. The molecular weight excluding hydrogens is 634 g/mol. The summed E-state index contributed by atoms with van der Waals surface area (Å²) in [5.74, 6) is -2.30. The van der Waals surface area contributed by atoms with Crippen LogP contribution in [0.3, 0.4) is 0 Å². The number of ether oxygens (including phenoxy) is 3. The molecule has 2 aliphatic rings. The molecule has 5 aromatic rings. The van der Waals surface area contributed by atoms with E-state index in [4.69, 9.17) is 14.2 Å². The van der Waals surface area contributed by atoms with Gasteiger partial charge >= 0.3 is 5.69 Å². The van der Waals surface area contributed by atoms with Crippen molar-refractivity contribution >= 4 is 11.4 Å². The predicted octanol–water partition coefficient (Wildman–Crippen LogP) is 4.55. The van der Waals surface area contributed by atoms with Crippen LogP contribution in [0.4, 0.5) is 20.2 Å². The van der Waals surface area contributed by atoms with Crippen LogP contribution in [0.15, 0.2) is 90.5 Å².